The molecule has 19 heavy (non-hydrogen) atoms. The van der Waals surface area contributed by atoms with Crippen LogP contribution in [0.3, 0.4) is 0 Å². The first kappa shape index (κ1) is 13.5. The van der Waals surface area contributed by atoms with E-state index in [2.05, 4.69) is 5.32 Å². The zero-order valence-corrected chi connectivity index (χ0v) is 10.8. The first-order valence-corrected chi connectivity index (χ1v) is 6.29. The fourth-order valence-corrected chi connectivity index (χ4v) is 2.12. The smallest absolute Gasteiger partial charge is 0.272 e. The molecule has 0 aromatic heterocycles. The lowest BCUT2D eigenvalue weighted by Crippen LogP contribution is -2.41. The van der Waals surface area contributed by atoms with Crippen molar-refractivity contribution < 1.29 is 9.72 Å². The molecule has 1 aromatic rings. The van der Waals surface area contributed by atoms with E-state index in [1.54, 1.807) is 6.92 Å². The first-order chi connectivity index (χ1) is 9.02. The topological polar surface area (TPSA) is 98.3 Å². The molecule has 3 N–H and O–H groups in total. The molecule has 2 rings (SSSR count). The van der Waals surface area contributed by atoms with Crippen molar-refractivity contribution in [2.24, 2.45) is 11.7 Å². The highest BCUT2D eigenvalue weighted by Crippen LogP contribution is 2.32. The van der Waals surface area contributed by atoms with Crippen LogP contribution in [0.25, 0.3) is 0 Å². The van der Waals surface area contributed by atoms with Gasteiger partial charge in [0.25, 0.3) is 11.6 Å². The standard InChI is InChI=1S/C13H17N3O3/c1-8-6-10(4-5-12(8)16(18)19)13(17)15-11(7-14)9-2-3-9/h4-6,9,11H,2-3,7,14H2,1H3,(H,15,17). The first-order valence-electron chi connectivity index (χ1n) is 6.29. The highest BCUT2D eigenvalue weighted by Gasteiger charge is 2.31. The molecule has 0 saturated heterocycles. The number of rotatable bonds is 5. The van der Waals surface area contributed by atoms with Gasteiger partial charge in [-0.3, -0.25) is 14.9 Å². The summed E-state index contributed by atoms with van der Waals surface area (Å²) in [6.07, 6.45) is 2.20. The fourth-order valence-electron chi connectivity index (χ4n) is 2.12. The quantitative estimate of drug-likeness (QED) is 0.619. The molecule has 1 aliphatic carbocycles. The molecule has 6 heteroatoms. The Morgan fingerprint density at radius 3 is 2.74 bits per heavy atom. The number of benzene rings is 1. The summed E-state index contributed by atoms with van der Waals surface area (Å²) in [7, 11) is 0. The molecule has 1 fully saturated rings. The van der Waals surface area contributed by atoms with Gasteiger partial charge in [-0.05, 0) is 37.8 Å². The normalized spacial score (nSPS) is 15.9. The molecule has 1 amide bonds. The number of nitrogens with one attached hydrogen (secondary N) is 1. The van der Waals surface area contributed by atoms with Crippen LogP contribution in [0.5, 0.6) is 0 Å². The van der Waals surface area contributed by atoms with Crippen LogP contribution in [-0.4, -0.2) is 23.4 Å². The number of hydrogen-bond acceptors (Lipinski definition) is 4. The van der Waals surface area contributed by atoms with Crippen molar-refractivity contribution in [2.45, 2.75) is 25.8 Å². The van der Waals surface area contributed by atoms with Crippen molar-refractivity contribution in [2.75, 3.05) is 6.54 Å². The SMILES string of the molecule is Cc1cc(C(=O)NC(CN)C2CC2)ccc1[N+](=O)[O-]. The fraction of sp³-hybridized carbons (Fsp3) is 0.462. The molecular weight excluding hydrogens is 246 g/mol. The third kappa shape index (κ3) is 3.08. The number of nitro benzene ring substituents is 1. The van der Waals surface area contributed by atoms with E-state index in [1.165, 1.54) is 18.2 Å². The van der Waals surface area contributed by atoms with Gasteiger partial charge < -0.3 is 11.1 Å². The van der Waals surface area contributed by atoms with E-state index in [0.717, 1.165) is 12.8 Å². The summed E-state index contributed by atoms with van der Waals surface area (Å²) >= 11 is 0. The number of nitro groups is 1. The molecule has 1 atom stereocenters. The molecule has 0 aliphatic heterocycles. The van der Waals surface area contributed by atoms with Crippen LogP contribution in [0.4, 0.5) is 5.69 Å². The lowest BCUT2D eigenvalue weighted by atomic mass is 10.1. The number of nitrogens with zero attached hydrogens (tertiary/aromatic N) is 1. The highest BCUT2D eigenvalue weighted by atomic mass is 16.6. The van der Waals surface area contributed by atoms with Gasteiger partial charge in [-0.2, -0.15) is 0 Å². The van der Waals surface area contributed by atoms with Crippen LogP contribution in [0.2, 0.25) is 0 Å². The van der Waals surface area contributed by atoms with Gasteiger partial charge in [0.2, 0.25) is 0 Å². The minimum Gasteiger partial charge on any atom is -0.348 e. The maximum absolute atomic E-state index is 12.0. The van der Waals surface area contributed by atoms with Gasteiger partial charge in [0, 0.05) is 29.8 Å². The van der Waals surface area contributed by atoms with Gasteiger partial charge in [0.15, 0.2) is 0 Å². The monoisotopic (exact) mass is 263 g/mol. The zero-order valence-electron chi connectivity index (χ0n) is 10.8. The average molecular weight is 263 g/mol. The molecule has 102 valence electrons. The second-order valence-electron chi connectivity index (χ2n) is 4.91. The van der Waals surface area contributed by atoms with Crippen molar-refractivity contribution >= 4 is 11.6 Å². The molecule has 1 saturated carbocycles. The second-order valence-corrected chi connectivity index (χ2v) is 4.91. The Bertz CT molecular complexity index is 512. The lowest BCUT2D eigenvalue weighted by molar-refractivity contribution is -0.385. The van der Waals surface area contributed by atoms with E-state index in [9.17, 15) is 14.9 Å². The van der Waals surface area contributed by atoms with E-state index in [1.807, 2.05) is 0 Å². The Labute approximate surface area is 111 Å². The number of carbonyl (C=O) groups excluding carboxylic acids is 1. The molecule has 0 spiro atoms. The van der Waals surface area contributed by atoms with E-state index in [4.69, 9.17) is 5.73 Å². The maximum atomic E-state index is 12.0. The van der Waals surface area contributed by atoms with Crippen LogP contribution < -0.4 is 11.1 Å². The summed E-state index contributed by atoms with van der Waals surface area (Å²) in [4.78, 5) is 22.3. The number of hydrogen-bond donors (Lipinski definition) is 2. The van der Waals surface area contributed by atoms with Crippen LogP contribution in [-0.2, 0) is 0 Å². The summed E-state index contributed by atoms with van der Waals surface area (Å²) < 4.78 is 0. The van der Waals surface area contributed by atoms with Gasteiger partial charge in [-0.25, -0.2) is 0 Å². The maximum Gasteiger partial charge on any atom is 0.272 e. The largest absolute Gasteiger partial charge is 0.348 e. The van der Waals surface area contributed by atoms with Gasteiger partial charge in [0.1, 0.15) is 0 Å². The average Bonchev–Trinajstić information content (AvgIpc) is 3.19. The Morgan fingerprint density at radius 2 is 2.26 bits per heavy atom. The molecule has 0 heterocycles. The van der Waals surface area contributed by atoms with Gasteiger partial charge in [0.05, 0.1) is 4.92 Å². The van der Waals surface area contributed by atoms with Crippen LogP contribution in [0, 0.1) is 23.0 Å². The Kier molecular flexibility index (Phi) is 3.80. The second kappa shape index (κ2) is 5.36. The molecule has 0 radical (unpaired) electrons. The van der Waals surface area contributed by atoms with E-state index in [-0.39, 0.29) is 17.6 Å². The summed E-state index contributed by atoms with van der Waals surface area (Å²) in [6.45, 7) is 2.04. The van der Waals surface area contributed by atoms with Crippen molar-refractivity contribution in [3.05, 3.63) is 39.4 Å². The molecule has 6 nitrogen and oxygen atoms in total. The predicted molar refractivity (Wildman–Crippen MR) is 70.9 cm³/mol. The number of aryl methyl sites for hydroxylation is 1. The number of carbonyl (C=O) groups is 1. The van der Waals surface area contributed by atoms with Gasteiger partial charge in [-0.15, -0.1) is 0 Å². The highest BCUT2D eigenvalue weighted by molar-refractivity contribution is 5.95. The Balaban J connectivity index is 2.10. The van der Waals surface area contributed by atoms with E-state index in [0.29, 0.717) is 23.6 Å². The minimum atomic E-state index is -0.454. The van der Waals surface area contributed by atoms with Crippen LogP contribution in [0.15, 0.2) is 18.2 Å². The number of amides is 1. The molecule has 1 unspecified atom stereocenters. The predicted octanol–water partition coefficient (Wildman–Crippen LogP) is 1.37. The third-order valence-corrected chi connectivity index (χ3v) is 3.42. The van der Waals surface area contributed by atoms with Crippen molar-refractivity contribution in [1.82, 2.24) is 5.32 Å². The van der Waals surface area contributed by atoms with Crippen molar-refractivity contribution in [3.8, 4) is 0 Å². The molecular formula is C13H17N3O3. The van der Waals surface area contributed by atoms with Gasteiger partial charge in [-0.1, -0.05) is 0 Å². The van der Waals surface area contributed by atoms with Crippen LogP contribution >= 0.6 is 0 Å². The minimum absolute atomic E-state index is 0.00278. The van der Waals surface area contributed by atoms with Crippen LogP contribution in [0.1, 0.15) is 28.8 Å². The number of nitrogens with two attached hydrogens (primary N) is 1. The lowest BCUT2D eigenvalue weighted by Gasteiger charge is -2.16. The van der Waals surface area contributed by atoms with E-state index >= 15 is 0 Å². The summed E-state index contributed by atoms with van der Waals surface area (Å²) in [5, 5.41) is 13.6. The summed E-state index contributed by atoms with van der Waals surface area (Å²) in [5.74, 6) is 0.258. The summed E-state index contributed by atoms with van der Waals surface area (Å²) in [6, 6.07) is 4.37. The Hall–Kier alpha value is -1.95. The third-order valence-electron chi connectivity index (χ3n) is 3.42. The van der Waals surface area contributed by atoms with E-state index < -0.39 is 4.92 Å². The molecule has 1 aliphatic rings. The zero-order chi connectivity index (χ0) is 14.0. The molecule has 0 bridgehead atoms. The Morgan fingerprint density at radius 1 is 1.58 bits per heavy atom. The summed E-state index contributed by atoms with van der Waals surface area (Å²) in [5.41, 5.74) is 6.56. The molecule has 1 aromatic carbocycles. The van der Waals surface area contributed by atoms with Crippen molar-refractivity contribution in [1.29, 1.82) is 0 Å². The van der Waals surface area contributed by atoms with Gasteiger partial charge >= 0.3 is 0 Å². The van der Waals surface area contributed by atoms with Crippen molar-refractivity contribution in [3.63, 3.8) is 0 Å².